The summed E-state index contributed by atoms with van der Waals surface area (Å²) in [5.41, 5.74) is 1.10. The van der Waals surface area contributed by atoms with Crippen molar-refractivity contribution >= 4 is 33.6 Å². The Labute approximate surface area is 260 Å². The summed E-state index contributed by atoms with van der Waals surface area (Å²) in [6.07, 6.45) is -1.67. The normalized spacial score (nSPS) is 14.0. The molecule has 0 saturated heterocycles. The molecule has 46 heavy (non-hydrogen) atoms. The van der Waals surface area contributed by atoms with Gasteiger partial charge in [0.2, 0.25) is 0 Å². The van der Waals surface area contributed by atoms with Crippen LogP contribution in [0.4, 0.5) is 17.6 Å². The number of nitrogens with zero attached hydrogens (tertiary/aromatic N) is 1. The van der Waals surface area contributed by atoms with E-state index in [0.717, 1.165) is 34.0 Å². The standard InChI is InChI=1S/C37H26F4N2O3/c38-31-18-28(17-30(20-31)37(39,40)41)27-16-26-11-14-43(21-22-5-6-23-3-1-2-4-25(23)15-22)33(26)32(19-27)34(44)42-36(12-13-36)29-9-7-24(8-10-29)35(45)46/h1-11,14-20H,12-13,21H2,(H,42,44)(H,45,46). The van der Waals surface area contributed by atoms with Gasteiger partial charge in [-0.2, -0.15) is 13.2 Å². The third kappa shape index (κ3) is 5.49. The molecule has 0 unspecified atom stereocenters. The lowest BCUT2D eigenvalue weighted by molar-refractivity contribution is -0.137. The molecular formula is C37H26F4N2O3. The molecule has 0 atom stereocenters. The Bertz CT molecular complexity index is 2160. The summed E-state index contributed by atoms with van der Waals surface area (Å²) >= 11 is 0. The Morgan fingerprint density at radius 1 is 0.804 bits per heavy atom. The number of fused-ring (bicyclic) bond motifs is 2. The highest BCUT2D eigenvalue weighted by Crippen LogP contribution is 2.46. The molecule has 1 aliphatic rings. The first kappa shape index (κ1) is 29.3. The van der Waals surface area contributed by atoms with Crippen LogP contribution in [-0.4, -0.2) is 21.6 Å². The molecule has 6 aromatic rings. The van der Waals surface area contributed by atoms with Gasteiger partial charge in [-0.25, -0.2) is 9.18 Å². The zero-order chi connectivity index (χ0) is 32.2. The minimum atomic E-state index is -4.75. The van der Waals surface area contributed by atoms with Crippen LogP contribution in [0.2, 0.25) is 0 Å². The maximum atomic E-state index is 14.5. The lowest BCUT2D eigenvalue weighted by atomic mass is 9.97. The third-order valence-electron chi connectivity index (χ3n) is 8.62. The topological polar surface area (TPSA) is 71.3 Å². The molecule has 0 aliphatic heterocycles. The summed E-state index contributed by atoms with van der Waals surface area (Å²) in [7, 11) is 0. The first-order chi connectivity index (χ1) is 22.0. The molecule has 0 radical (unpaired) electrons. The minimum Gasteiger partial charge on any atom is -0.478 e. The van der Waals surface area contributed by atoms with Crippen molar-refractivity contribution in [3.63, 3.8) is 0 Å². The highest BCUT2D eigenvalue weighted by molar-refractivity contribution is 6.08. The molecule has 1 amide bonds. The molecule has 5 nitrogen and oxygen atoms in total. The van der Waals surface area contributed by atoms with E-state index in [1.54, 1.807) is 24.3 Å². The molecule has 0 bridgehead atoms. The number of aromatic carboxylic acids is 1. The lowest BCUT2D eigenvalue weighted by Crippen LogP contribution is -2.35. The molecule has 1 heterocycles. The van der Waals surface area contributed by atoms with Crippen LogP contribution < -0.4 is 5.32 Å². The van der Waals surface area contributed by atoms with Crippen LogP contribution in [0.3, 0.4) is 0 Å². The van der Waals surface area contributed by atoms with Gasteiger partial charge in [0, 0.05) is 18.1 Å². The van der Waals surface area contributed by atoms with Crippen molar-refractivity contribution in [1.29, 1.82) is 0 Å². The minimum absolute atomic E-state index is 0.00375. The summed E-state index contributed by atoms with van der Waals surface area (Å²) in [6, 6.07) is 27.7. The van der Waals surface area contributed by atoms with Gasteiger partial charge in [0.15, 0.2) is 0 Å². The number of rotatable bonds is 7. The lowest BCUT2D eigenvalue weighted by Gasteiger charge is -2.20. The van der Waals surface area contributed by atoms with E-state index in [1.807, 2.05) is 47.2 Å². The Kier molecular flexibility index (Phi) is 6.92. The van der Waals surface area contributed by atoms with Gasteiger partial charge in [0.25, 0.3) is 5.91 Å². The fraction of sp³-hybridized carbons (Fsp3) is 0.135. The first-order valence-corrected chi connectivity index (χ1v) is 14.6. The molecule has 1 aliphatic carbocycles. The van der Waals surface area contributed by atoms with Crippen LogP contribution in [0.25, 0.3) is 32.8 Å². The predicted octanol–water partition coefficient (Wildman–Crippen LogP) is 8.79. The number of alkyl halides is 3. The Hall–Kier alpha value is -5.44. The van der Waals surface area contributed by atoms with E-state index in [9.17, 15) is 32.3 Å². The molecule has 230 valence electrons. The molecule has 1 aromatic heterocycles. The summed E-state index contributed by atoms with van der Waals surface area (Å²) in [6.45, 7) is 0.425. The van der Waals surface area contributed by atoms with Gasteiger partial charge >= 0.3 is 12.1 Å². The average molecular weight is 623 g/mol. The maximum Gasteiger partial charge on any atom is 0.416 e. The number of halogens is 4. The number of hydrogen-bond donors (Lipinski definition) is 2. The average Bonchev–Trinajstić information content (AvgIpc) is 3.71. The van der Waals surface area contributed by atoms with Crippen molar-refractivity contribution in [1.82, 2.24) is 9.88 Å². The van der Waals surface area contributed by atoms with Gasteiger partial charge < -0.3 is 15.0 Å². The predicted molar refractivity (Wildman–Crippen MR) is 167 cm³/mol. The molecular weight excluding hydrogens is 596 g/mol. The van der Waals surface area contributed by atoms with E-state index in [0.29, 0.717) is 36.4 Å². The van der Waals surface area contributed by atoms with Crippen LogP contribution in [0.5, 0.6) is 0 Å². The number of amides is 1. The summed E-state index contributed by atoms with van der Waals surface area (Å²) in [5, 5.41) is 15.2. The third-order valence-corrected chi connectivity index (χ3v) is 8.62. The van der Waals surface area contributed by atoms with E-state index in [4.69, 9.17) is 0 Å². The van der Waals surface area contributed by atoms with Crippen molar-refractivity contribution < 1.29 is 32.3 Å². The van der Waals surface area contributed by atoms with Gasteiger partial charge in [-0.15, -0.1) is 0 Å². The Morgan fingerprint density at radius 2 is 1.52 bits per heavy atom. The Morgan fingerprint density at radius 3 is 2.22 bits per heavy atom. The second-order valence-electron chi connectivity index (χ2n) is 11.7. The summed E-state index contributed by atoms with van der Waals surface area (Å²) in [4.78, 5) is 25.5. The van der Waals surface area contributed by atoms with Crippen molar-refractivity contribution in [2.75, 3.05) is 0 Å². The van der Waals surface area contributed by atoms with Crippen LogP contribution in [-0.2, 0) is 18.3 Å². The van der Waals surface area contributed by atoms with E-state index < -0.39 is 35.0 Å². The van der Waals surface area contributed by atoms with Gasteiger partial charge in [-0.3, -0.25) is 4.79 Å². The highest BCUT2D eigenvalue weighted by atomic mass is 19.4. The van der Waals surface area contributed by atoms with Crippen molar-refractivity contribution in [2.24, 2.45) is 0 Å². The maximum absolute atomic E-state index is 14.5. The first-order valence-electron chi connectivity index (χ1n) is 14.6. The van der Waals surface area contributed by atoms with Crippen LogP contribution in [0.15, 0.2) is 109 Å². The van der Waals surface area contributed by atoms with Gasteiger partial charge in [-0.05, 0) is 100 Å². The van der Waals surface area contributed by atoms with Crippen molar-refractivity contribution in [3.05, 3.63) is 143 Å². The van der Waals surface area contributed by atoms with E-state index in [-0.39, 0.29) is 22.3 Å². The molecule has 2 N–H and O–H groups in total. The van der Waals surface area contributed by atoms with Crippen LogP contribution in [0, 0.1) is 5.82 Å². The number of carbonyl (C=O) groups excluding carboxylic acids is 1. The van der Waals surface area contributed by atoms with E-state index in [1.165, 1.54) is 18.2 Å². The van der Waals surface area contributed by atoms with Crippen LogP contribution in [0.1, 0.15) is 50.2 Å². The highest BCUT2D eigenvalue weighted by Gasteiger charge is 2.46. The van der Waals surface area contributed by atoms with Gasteiger partial charge in [0.1, 0.15) is 5.82 Å². The number of carbonyl (C=O) groups is 2. The number of carboxylic acids is 1. The Balaban J connectivity index is 1.32. The molecule has 7 rings (SSSR count). The number of hydrogen-bond acceptors (Lipinski definition) is 2. The monoisotopic (exact) mass is 622 g/mol. The van der Waals surface area contributed by atoms with Gasteiger partial charge in [-0.1, -0.05) is 48.5 Å². The molecule has 9 heteroatoms. The van der Waals surface area contributed by atoms with Crippen molar-refractivity contribution in [2.45, 2.75) is 31.1 Å². The number of carboxylic acid groups (broad SMARTS) is 1. The zero-order valence-electron chi connectivity index (χ0n) is 24.2. The smallest absolute Gasteiger partial charge is 0.416 e. The zero-order valence-corrected chi connectivity index (χ0v) is 24.2. The fourth-order valence-corrected chi connectivity index (χ4v) is 6.10. The summed E-state index contributed by atoms with van der Waals surface area (Å²) < 4.78 is 57.1. The number of benzene rings is 5. The van der Waals surface area contributed by atoms with Crippen molar-refractivity contribution in [3.8, 4) is 11.1 Å². The largest absolute Gasteiger partial charge is 0.478 e. The second-order valence-corrected chi connectivity index (χ2v) is 11.7. The van der Waals surface area contributed by atoms with E-state index >= 15 is 0 Å². The van der Waals surface area contributed by atoms with Gasteiger partial charge in [0.05, 0.1) is 27.7 Å². The number of nitrogens with one attached hydrogen (secondary N) is 1. The molecule has 5 aromatic carbocycles. The quantitative estimate of drug-likeness (QED) is 0.175. The SMILES string of the molecule is O=C(O)c1ccc(C2(NC(=O)c3cc(-c4cc(F)cc(C(F)(F)F)c4)cc4ccn(Cc5ccc6ccccc6c5)c34)CC2)cc1. The molecule has 1 saturated carbocycles. The fourth-order valence-electron chi connectivity index (χ4n) is 6.10. The summed E-state index contributed by atoms with van der Waals surface area (Å²) in [5.74, 6) is -2.54. The molecule has 1 fully saturated rings. The second kappa shape index (κ2) is 10.9. The van der Waals surface area contributed by atoms with E-state index in [2.05, 4.69) is 11.4 Å². The molecule has 0 spiro atoms. The van der Waals surface area contributed by atoms with Crippen LogP contribution >= 0.6 is 0 Å². The number of aromatic nitrogens is 1.